The molecule has 4 heterocycles. The number of aromatic nitrogens is 5. The Kier molecular flexibility index (Phi) is 5.99. The van der Waals surface area contributed by atoms with E-state index < -0.39 is 40.0 Å². The Hall–Kier alpha value is -4.34. The van der Waals surface area contributed by atoms with Crippen molar-refractivity contribution in [3.05, 3.63) is 50.5 Å². The van der Waals surface area contributed by atoms with Gasteiger partial charge in [-0.25, -0.2) is 4.98 Å². The Balaban J connectivity index is 2.01. The second-order valence-electron chi connectivity index (χ2n) is 7.64. The van der Waals surface area contributed by atoms with E-state index in [1.54, 1.807) is 13.8 Å². The molecule has 0 aliphatic carbocycles. The van der Waals surface area contributed by atoms with Crippen LogP contribution in [0.4, 0.5) is 24.5 Å². The molecule has 36 heavy (non-hydrogen) atoms. The van der Waals surface area contributed by atoms with Crippen LogP contribution in [0.2, 0.25) is 0 Å². The third-order valence-corrected chi connectivity index (χ3v) is 6.29. The number of nitro groups is 1. The number of hydrogen-bond donors (Lipinski definition) is 2. The van der Waals surface area contributed by atoms with Gasteiger partial charge in [-0.1, -0.05) is 0 Å². The standard InChI is InChI=1S/C20H17F3N8O4S/c1-4-30-6-10(8(2)27-30)9-5-12(20(21,22)23)25-19-13(9)15(16(36-19)17(24)32)26-18(33)14-11(31(34)35)7-29(3)28-14/h5-7H,4H2,1-3H3,(H2,24,32)(H,26,33). The van der Waals surface area contributed by atoms with Crippen LogP contribution in [0.25, 0.3) is 21.3 Å². The minimum absolute atomic E-state index is 0.000837. The summed E-state index contributed by atoms with van der Waals surface area (Å²) < 4.78 is 43.6. The van der Waals surface area contributed by atoms with Crippen LogP contribution in [0.5, 0.6) is 0 Å². The van der Waals surface area contributed by atoms with Gasteiger partial charge in [-0.2, -0.15) is 23.4 Å². The number of anilines is 1. The van der Waals surface area contributed by atoms with Crippen LogP contribution in [0.3, 0.4) is 0 Å². The molecule has 0 aromatic carbocycles. The molecule has 16 heteroatoms. The van der Waals surface area contributed by atoms with Crippen molar-refractivity contribution in [2.75, 3.05) is 5.32 Å². The summed E-state index contributed by atoms with van der Waals surface area (Å²) in [5, 5.41) is 21.8. The zero-order valence-electron chi connectivity index (χ0n) is 18.9. The van der Waals surface area contributed by atoms with Gasteiger partial charge < -0.3 is 11.1 Å². The summed E-state index contributed by atoms with van der Waals surface area (Å²) in [5.41, 5.74) is 3.55. The maximum Gasteiger partial charge on any atom is 0.433 e. The first-order valence-corrected chi connectivity index (χ1v) is 11.0. The number of pyridine rings is 1. The molecule has 2 amide bonds. The molecule has 0 fully saturated rings. The summed E-state index contributed by atoms with van der Waals surface area (Å²) in [6, 6.07) is 0.794. The number of alkyl halides is 3. The maximum absolute atomic E-state index is 13.7. The van der Waals surface area contributed by atoms with Gasteiger partial charge in [0.25, 0.3) is 11.8 Å². The Morgan fingerprint density at radius 1 is 1.25 bits per heavy atom. The summed E-state index contributed by atoms with van der Waals surface area (Å²) in [4.78, 5) is 38.9. The average Bonchev–Trinajstić information content (AvgIpc) is 3.47. The third-order valence-electron chi connectivity index (χ3n) is 5.20. The van der Waals surface area contributed by atoms with E-state index in [-0.39, 0.29) is 26.3 Å². The number of aryl methyl sites for hydroxylation is 3. The van der Waals surface area contributed by atoms with Crippen molar-refractivity contribution >= 4 is 44.7 Å². The number of carbonyl (C=O) groups excluding carboxylic acids is 2. The zero-order valence-corrected chi connectivity index (χ0v) is 19.7. The number of fused-ring (bicyclic) bond motifs is 1. The van der Waals surface area contributed by atoms with Crippen molar-refractivity contribution in [3.8, 4) is 11.1 Å². The second-order valence-corrected chi connectivity index (χ2v) is 8.63. The third kappa shape index (κ3) is 4.26. The van der Waals surface area contributed by atoms with Gasteiger partial charge in [0.2, 0.25) is 5.69 Å². The van der Waals surface area contributed by atoms with Crippen LogP contribution < -0.4 is 11.1 Å². The van der Waals surface area contributed by atoms with Gasteiger partial charge in [-0.15, -0.1) is 11.3 Å². The Bertz CT molecular complexity index is 1550. The number of amides is 2. The highest BCUT2D eigenvalue weighted by Crippen LogP contribution is 2.44. The van der Waals surface area contributed by atoms with Crippen LogP contribution in [0.15, 0.2) is 18.5 Å². The number of nitrogens with zero attached hydrogens (tertiary/aromatic N) is 6. The van der Waals surface area contributed by atoms with Gasteiger partial charge in [-0.05, 0) is 25.5 Å². The van der Waals surface area contributed by atoms with Crippen molar-refractivity contribution in [1.29, 1.82) is 0 Å². The minimum atomic E-state index is -4.81. The number of halogens is 3. The first-order valence-electron chi connectivity index (χ1n) is 10.2. The molecule has 0 bridgehead atoms. The van der Waals surface area contributed by atoms with Gasteiger partial charge in [0.05, 0.1) is 16.3 Å². The predicted molar refractivity (Wildman–Crippen MR) is 123 cm³/mol. The smallest absolute Gasteiger partial charge is 0.365 e. The number of rotatable bonds is 6. The first-order chi connectivity index (χ1) is 16.8. The largest absolute Gasteiger partial charge is 0.433 e. The van der Waals surface area contributed by atoms with Gasteiger partial charge in [0.15, 0.2) is 0 Å². The number of carbonyl (C=O) groups is 2. The number of nitrogens with one attached hydrogen (secondary N) is 1. The maximum atomic E-state index is 13.7. The van der Waals surface area contributed by atoms with Crippen LogP contribution >= 0.6 is 11.3 Å². The van der Waals surface area contributed by atoms with E-state index in [2.05, 4.69) is 20.5 Å². The molecule has 0 radical (unpaired) electrons. The molecule has 0 atom stereocenters. The SMILES string of the molecule is CCn1cc(-c2cc(C(F)(F)F)nc3sc(C(N)=O)c(NC(=O)c4nn(C)cc4[N+](=O)[O-])c23)c(C)n1. The first kappa shape index (κ1) is 24.8. The monoisotopic (exact) mass is 522 g/mol. The fourth-order valence-electron chi connectivity index (χ4n) is 3.64. The molecule has 0 aliphatic rings. The minimum Gasteiger partial charge on any atom is -0.365 e. The summed E-state index contributed by atoms with van der Waals surface area (Å²) in [7, 11) is 1.37. The van der Waals surface area contributed by atoms with Crippen LogP contribution in [-0.2, 0) is 19.8 Å². The summed E-state index contributed by atoms with van der Waals surface area (Å²) in [5.74, 6) is -2.10. The summed E-state index contributed by atoms with van der Waals surface area (Å²) in [6.07, 6.45) is -2.27. The van der Waals surface area contributed by atoms with Crippen LogP contribution in [0, 0.1) is 17.0 Å². The molecule has 0 unspecified atom stereocenters. The van der Waals surface area contributed by atoms with Crippen molar-refractivity contribution in [2.45, 2.75) is 26.6 Å². The fourth-order valence-corrected chi connectivity index (χ4v) is 4.64. The number of thiophene rings is 1. The molecule has 0 spiro atoms. The van der Waals surface area contributed by atoms with Crippen LogP contribution in [0.1, 0.15) is 38.5 Å². The van der Waals surface area contributed by atoms with E-state index in [0.29, 0.717) is 29.1 Å². The van der Waals surface area contributed by atoms with Gasteiger partial charge in [0, 0.05) is 30.7 Å². The molecule has 3 N–H and O–H groups in total. The lowest BCUT2D eigenvalue weighted by atomic mass is 10.0. The van der Waals surface area contributed by atoms with E-state index in [9.17, 15) is 32.9 Å². The van der Waals surface area contributed by atoms with Gasteiger partial charge >= 0.3 is 11.9 Å². The van der Waals surface area contributed by atoms with Gasteiger partial charge in [0.1, 0.15) is 21.6 Å². The highest BCUT2D eigenvalue weighted by atomic mass is 32.1. The van der Waals surface area contributed by atoms with Gasteiger partial charge in [-0.3, -0.25) is 29.1 Å². The lowest BCUT2D eigenvalue weighted by molar-refractivity contribution is -0.385. The number of nitrogens with two attached hydrogens (primary N) is 1. The molecule has 0 saturated heterocycles. The normalized spacial score (nSPS) is 11.7. The molecule has 4 rings (SSSR count). The Morgan fingerprint density at radius 3 is 2.50 bits per heavy atom. The number of hydrogen-bond acceptors (Lipinski definition) is 8. The van der Waals surface area contributed by atoms with Crippen molar-refractivity contribution in [3.63, 3.8) is 0 Å². The lowest BCUT2D eigenvalue weighted by Crippen LogP contribution is -2.18. The molecule has 4 aromatic rings. The molecule has 0 saturated carbocycles. The fraction of sp³-hybridized carbons (Fsp3) is 0.250. The molecule has 188 valence electrons. The summed E-state index contributed by atoms with van der Waals surface area (Å²) in [6.45, 7) is 3.82. The van der Waals surface area contributed by atoms with Crippen molar-refractivity contribution < 1.29 is 27.7 Å². The van der Waals surface area contributed by atoms with E-state index >= 15 is 0 Å². The van der Waals surface area contributed by atoms with E-state index in [1.165, 1.54) is 17.9 Å². The predicted octanol–water partition coefficient (Wildman–Crippen LogP) is 3.50. The lowest BCUT2D eigenvalue weighted by Gasteiger charge is -2.11. The molecule has 4 aromatic heterocycles. The topological polar surface area (TPSA) is 164 Å². The second kappa shape index (κ2) is 8.71. The van der Waals surface area contributed by atoms with Crippen molar-refractivity contribution in [2.24, 2.45) is 12.8 Å². The molecule has 0 aliphatic heterocycles. The summed E-state index contributed by atoms with van der Waals surface area (Å²) >= 11 is 0.555. The van der Waals surface area contributed by atoms with E-state index in [0.717, 1.165) is 16.9 Å². The highest BCUT2D eigenvalue weighted by molar-refractivity contribution is 7.21. The van der Waals surface area contributed by atoms with E-state index in [1.807, 2.05) is 0 Å². The number of primary amides is 1. The average molecular weight is 522 g/mol. The Morgan fingerprint density at radius 2 is 1.94 bits per heavy atom. The van der Waals surface area contributed by atoms with Crippen LogP contribution in [-0.4, -0.2) is 41.3 Å². The Labute approximate surface area is 203 Å². The quantitative estimate of drug-likeness (QED) is 0.289. The molecular formula is C20H17F3N8O4S. The highest BCUT2D eigenvalue weighted by Gasteiger charge is 2.36. The molecule has 12 nitrogen and oxygen atoms in total. The molecular weight excluding hydrogens is 505 g/mol. The van der Waals surface area contributed by atoms with Crippen molar-refractivity contribution in [1.82, 2.24) is 24.5 Å². The van der Waals surface area contributed by atoms with E-state index in [4.69, 9.17) is 5.73 Å². The zero-order chi connectivity index (χ0) is 26.5.